The second-order valence-corrected chi connectivity index (χ2v) is 4.26. The SMILES string of the molecule is CCCCCCCC(C)(C#N)NCCO. The van der Waals surface area contributed by atoms with Crippen molar-refractivity contribution in [3.05, 3.63) is 0 Å². The lowest BCUT2D eigenvalue weighted by Gasteiger charge is -2.22. The topological polar surface area (TPSA) is 56.0 Å². The van der Waals surface area contributed by atoms with Crippen molar-refractivity contribution in [2.45, 2.75) is 57.9 Å². The Kier molecular flexibility index (Phi) is 8.35. The number of nitriles is 1. The van der Waals surface area contributed by atoms with Crippen LogP contribution >= 0.6 is 0 Å². The molecule has 1 atom stereocenters. The van der Waals surface area contributed by atoms with Crippen molar-refractivity contribution in [1.29, 1.82) is 5.26 Å². The fourth-order valence-corrected chi connectivity index (χ4v) is 1.60. The fourth-order valence-electron chi connectivity index (χ4n) is 1.60. The minimum Gasteiger partial charge on any atom is -0.395 e. The van der Waals surface area contributed by atoms with E-state index in [1.54, 1.807) is 0 Å². The van der Waals surface area contributed by atoms with Crippen LogP contribution < -0.4 is 5.32 Å². The van der Waals surface area contributed by atoms with Crippen molar-refractivity contribution in [2.24, 2.45) is 0 Å². The van der Waals surface area contributed by atoms with E-state index in [0.29, 0.717) is 6.54 Å². The van der Waals surface area contributed by atoms with Crippen LogP contribution in [0.1, 0.15) is 52.4 Å². The lowest BCUT2D eigenvalue weighted by atomic mass is 9.95. The maximum Gasteiger partial charge on any atom is 0.104 e. The zero-order valence-electron chi connectivity index (χ0n) is 10.1. The first-order valence-corrected chi connectivity index (χ1v) is 5.95. The van der Waals surface area contributed by atoms with Crippen LogP contribution in [0.5, 0.6) is 0 Å². The van der Waals surface area contributed by atoms with E-state index < -0.39 is 5.54 Å². The van der Waals surface area contributed by atoms with Crippen molar-refractivity contribution >= 4 is 0 Å². The number of hydrogen-bond acceptors (Lipinski definition) is 3. The Hall–Kier alpha value is -0.590. The highest BCUT2D eigenvalue weighted by atomic mass is 16.3. The zero-order valence-corrected chi connectivity index (χ0v) is 10.1. The van der Waals surface area contributed by atoms with Crippen LogP contribution in [0.4, 0.5) is 0 Å². The molecule has 88 valence electrons. The van der Waals surface area contributed by atoms with E-state index in [4.69, 9.17) is 10.4 Å². The highest BCUT2D eigenvalue weighted by Gasteiger charge is 2.21. The van der Waals surface area contributed by atoms with Gasteiger partial charge in [0.1, 0.15) is 5.54 Å². The predicted octanol–water partition coefficient (Wildman–Crippen LogP) is 2.21. The van der Waals surface area contributed by atoms with Gasteiger partial charge in [0, 0.05) is 6.54 Å². The highest BCUT2D eigenvalue weighted by Crippen LogP contribution is 2.14. The summed E-state index contributed by atoms with van der Waals surface area (Å²) in [6, 6.07) is 2.28. The summed E-state index contributed by atoms with van der Waals surface area (Å²) in [6.45, 7) is 4.69. The fraction of sp³-hybridized carbons (Fsp3) is 0.917. The molecule has 0 fully saturated rings. The van der Waals surface area contributed by atoms with Crippen LogP contribution in [-0.2, 0) is 0 Å². The summed E-state index contributed by atoms with van der Waals surface area (Å²) >= 11 is 0. The number of unbranched alkanes of at least 4 members (excludes halogenated alkanes) is 4. The van der Waals surface area contributed by atoms with Crippen LogP contribution in [0, 0.1) is 11.3 Å². The maximum atomic E-state index is 9.02. The molecule has 3 heteroatoms. The standard InChI is InChI=1S/C12H24N2O/c1-3-4-5-6-7-8-12(2,11-13)14-9-10-15/h14-15H,3-10H2,1-2H3. The lowest BCUT2D eigenvalue weighted by Crippen LogP contribution is -2.42. The van der Waals surface area contributed by atoms with E-state index >= 15 is 0 Å². The Morgan fingerprint density at radius 1 is 1.27 bits per heavy atom. The minimum absolute atomic E-state index is 0.0904. The largest absolute Gasteiger partial charge is 0.395 e. The number of nitrogens with one attached hydrogen (secondary N) is 1. The van der Waals surface area contributed by atoms with E-state index in [9.17, 15) is 0 Å². The quantitative estimate of drug-likeness (QED) is 0.576. The molecule has 0 amide bonds. The van der Waals surface area contributed by atoms with Gasteiger partial charge in [-0.1, -0.05) is 39.0 Å². The highest BCUT2D eigenvalue weighted by molar-refractivity contribution is 5.03. The molecule has 0 aliphatic rings. The molecule has 0 aliphatic carbocycles. The van der Waals surface area contributed by atoms with Crippen molar-refractivity contribution in [3.8, 4) is 6.07 Å². The number of rotatable bonds is 9. The van der Waals surface area contributed by atoms with Gasteiger partial charge >= 0.3 is 0 Å². The lowest BCUT2D eigenvalue weighted by molar-refractivity contribution is 0.270. The van der Waals surface area contributed by atoms with E-state index in [2.05, 4.69) is 18.3 Å². The van der Waals surface area contributed by atoms with Gasteiger partial charge < -0.3 is 5.11 Å². The molecule has 2 N–H and O–H groups in total. The van der Waals surface area contributed by atoms with Crippen molar-refractivity contribution in [1.82, 2.24) is 5.32 Å². The van der Waals surface area contributed by atoms with Crippen LogP contribution in [0.25, 0.3) is 0 Å². The van der Waals surface area contributed by atoms with Gasteiger partial charge in [-0.3, -0.25) is 5.32 Å². The molecule has 0 bridgehead atoms. The summed E-state index contributed by atoms with van der Waals surface area (Å²) in [5.41, 5.74) is -0.463. The van der Waals surface area contributed by atoms with E-state index in [1.807, 2.05) is 6.92 Å². The first-order valence-electron chi connectivity index (χ1n) is 5.95. The van der Waals surface area contributed by atoms with Crippen molar-refractivity contribution in [2.75, 3.05) is 13.2 Å². The molecule has 1 unspecified atom stereocenters. The second kappa shape index (κ2) is 8.70. The van der Waals surface area contributed by atoms with Gasteiger partial charge in [0.05, 0.1) is 12.7 Å². The Morgan fingerprint density at radius 3 is 2.47 bits per heavy atom. The molecule has 0 aliphatic heterocycles. The predicted molar refractivity (Wildman–Crippen MR) is 62.5 cm³/mol. The molecular weight excluding hydrogens is 188 g/mol. The third-order valence-electron chi connectivity index (χ3n) is 2.65. The van der Waals surface area contributed by atoms with Gasteiger partial charge in [-0.05, 0) is 13.3 Å². The van der Waals surface area contributed by atoms with Gasteiger partial charge in [0.25, 0.3) is 0 Å². The van der Waals surface area contributed by atoms with Crippen LogP contribution in [0.3, 0.4) is 0 Å². The molecule has 0 aromatic heterocycles. The third-order valence-corrected chi connectivity index (χ3v) is 2.65. The van der Waals surface area contributed by atoms with Crippen LogP contribution in [0.15, 0.2) is 0 Å². The normalized spacial score (nSPS) is 14.5. The average Bonchev–Trinajstić information content (AvgIpc) is 2.26. The zero-order chi connectivity index (χ0) is 11.6. The Balaban J connectivity index is 3.64. The molecule has 0 radical (unpaired) electrons. The number of β-amino-alcohol motifs (C(OH)–C–C–N with tert-alkyl or cyclic N) is 1. The molecule has 0 heterocycles. The minimum atomic E-state index is -0.463. The summed E-state index contributed by atoms with van der Waals surface area (Å²) in [6.07, 6.45) is 6.95. The Labute approximate surface area is 93.5 Å². The monoisotopic (exact) mass is 212 g/mol. The molecule has 15 heavy (non-hydrogen) atoms. The Morgan fingerprint density at radius 2 is 1.93 bits per heavy atom. The summed E-state index contributed by atoms with van der Waals surface area (Å²) in [5, 5.41) is 20.8. The van der Waals surface area contributed by atoms with Crippen molar-refractivity contribution in [3.63, 3.8) is 0 Å². The molecule has 0 saturated heterocycles. The van der Waals surface area contributed by atoms with E-state index in [0.717, 1.165) is 12.8 Å². The second-order valence-electron chi connectivity index (χ2n) is 4.26. The first kappa shape index (κ1) is 14.4. The molecule has 0 rings (SSSR count). The van der Waals surface area contributed by atoms with Gasteiger partial charge in [-0.15, -0.1) is 0 Å². The number of hydrogen-bond donors (Lipinski definition) is 2. The molecule has 0 aromatic rings. The summed E-state index contributed by atoms with van der Waals surface area (Å²) in [5.74, 6) is 0. The number of nitrogens with zero attached hydrogens (tertiary/aromatic N) is 1. The first-order chi connectivity index (χ1) is 7.18. The molecule has 3 nitrogen and oxygen atoms in total. The number of aliphatic hydroxyl groups is 1. The van der Waals surface area contributed by atoms with Gasteiger partial charge in [0.2, 0.25) is 0 Å². The van der Waals surface area contributed by atoms with Gasteiger partial charge in [-0.2, -0.15) is 5.26 Å². The summed E-state index contributed by atoms with van der Waals surface area (Å²) in [7, 11) is 0. The van der Waals surface area contributed by atoms with Crippen LogP contribution in [-0.4, -0.2) is 23.8 Å². The molecule has 0 spiro atoms. The van der Waals surface area contributed by atoms with Gasteiger partial charge in [0.15, 0.2) is 0 Å². The third kappa shape index (κ3) is 7.35. The molecule has 0 aromatic carbocycles. The molecular formula is C12H24N2O. The number of aliphatic hydroxyl groups excluding tert-OH is 1. The summed E-state index contributed by atoms with van der Waals surface area (Å²) in [4.78, 5) is 0. The van der Waals surface area contributed by atoms with Crippen LogP contribution in [0.2, 0.25) is 0 Å². The smallest absolute Gasteiger partial charge is 0.104 e. The maximum absolute atomic E-state index is 9.02. The van der Waals surface area contributed by atoms with E-state index in [-0.39, 0.29) is 6.61 Å². The van der Waals surface area contributed by atoms with Crippen molar-refractivity contribution < 1.29 is 5.11 Å². The van der Waals surface area contributed by atoms with Gasteiger partial charge in [-0.25, -0.2) is 0 Å². The van der Waals surface area contributed by atoms with E-state index in [1.165, 1.54) is 25.7 Å². The molecule has 0 saturated carbocycles. The Bertz CT molecular complexity index is 189. The average molecular weight is 212 g/mol. The summed E-state index contributed by atoms with van der Waals surface area (Å²) < 4.78 is 0.